The highest BCUT2D eigenvalue weighted by Crippen LogP contribution is 2.18. The number of nitrogens with zero attached hydrogens (tertiary/aromatic N) is 3. The minimum absolute atomic E-state index is 0.195. The van der Waals surface area contributed by atoms with E-state index in [-0.39, 0.29) is 5.91 Å². The van der Waals surface area contributed by atoms with Crippen molar-refractivity contribution in [3.8, 4) is 5.69 Å². The van der Waals surface area contributed by atoms with Crippen LogP contribution in [0, 0.1) is 0 Å². The van der Waals surface area contributed by atoms with E-state index in [0.29, 0.717) is 17.3 Å². The summed E-state index contributed by atoms with van der Waals surface area (Å²) >= 11 is 6.04. The van der Waals surface area contributed by atoms with Crippen molar-refractivity contribution < 1.29 is 4.79 Å². The number of hydrogen-bond donors (Lipinski definition) is 2. The molecule has 1 aromatic heterocycles. The maximum Gasteiger partial charge on any atom is 0.273 e. The van der Waals surface area contributed by atoms with Gasteiger partial charge < -0.3 is 10.6 Å². The average molecular weight is 336 g/mol. The molecular weight excluding hydrogens is 314 g/mol. The van der Waals surface area contributed by atoms with Crippen molar-refractivity contribution >= 4 is 17.5 Å². The summed E-state index contributed by atoms with van der Waals surface area (Å²) in [6.07, 6.45) is 1.61. The van der Waals surface area contributed by atoms with Crippen molar-refractivity contribution in [1.82, 2.24) is 25.6 Å². The lowest BCUT2D eigenvalue weighted by Gasteiger charge is -2.08. The van der Waals surface area contributed by atoms with Gasteiger partial charge in [0.25, 0.3) is 5.91 Å². The van der Waals surface area contributed by atoms with E-state index < -0.39 is 0 Å². The Hall–Kier alpha value is -1.92. The number of amides is 1. The van der Waals surface area contributed by atoms with E-state index in [0.717, 1.165) is 37.3 Å². The summed E-state index contributed by atoms with van der Waals surface area (Å²) in [6.45, 7) is 6.25. The van der Waals surface area contributed by atoms with Crippen LogP contribution in [-0.2, 0) is 6.42 Å². The lowest BCUT2D eigenvalue weighted by atomic mass is 10.2. The van der Waals surface area contributed by atoms with Gasteiger partial charge in [0, 0.05) is 18.1 Å². The Morgan fingerprint density at radius 2 is 2.13 bits per heavy atom. The Kier molecular flexibility index (Phi) is 6.55. The molecule has 23 heavy (non-hydrogen) atoms. The molecule has 0 saturated carbocycles. The molecule has 0 radical (unpaired) electrons. The molecule has 2 aromatic rings. The molecule has 0 aliphatic rings. The van der Waals surface area contributed by atoms with Crippen LogP contribution in [0.3, 0.4) is 0 Å². The molecule has 2 N–H and O–H groups in total. The van der Waals surface area contributed by atoms with Crippen LogP contribution in [0.25, 0.3) is 5.69 Å². The third-order valence-corrected chi connectivity index (χ3v) is 3.59. The molecule has 0 spiro atoms. The quantitative estimate of drug-likeness (QED) is 0.725. The van der Waals surface area contributed by atoms with E-state index >= 15 is 0 Å². The Morgan fingerprint density at radius 1 is 1.30 bits per heavy atom. The van der Waals surface area contributed by atoms with E-state index in [2.05, 4.69) is 27.9 Å². The van der Waals surface area contributed by atoms with Crippen LogP contribution in [0.2, 0.25) is 5.02 Å². The second-order valence-corrected chi connectivity index (χ2v) is 5.57. The molecule has 6 nitrogen and oxygen atoms in total. The molecule has 0 saturated heterocycles. The van der Waals surface area contributed by atoms with Crippen LogP contribution in [0.1, 0.15) is 36.5 Å². The lowest BCUT2D eigenvalue weighted by Crippen LogP contribution is -2.32. The summed E-state index contributed by atoms with van der Waals surface area (Å²) in [7, 11) is 0. The van der Waals surface area contributed by atoms with Crippen molar-refractivity contribution in [1.29, 1.82) is 0 Å². The number of nitrogens with one attached hydrogen (secondary N) is 2. The van der Waals surface area contributed by atoms with E-state index in [1.54, 1.807) is 10.7 Å². The standard InChI is InChI=1S/C16H22ClN5O/c1-3-6-14-15(16(23)19-10-9-18-4-2)20-21-22(14)13-8-5-7-12(17)11-13/h5,7-8,11,18H,3-4,6,9-10H2,1-2H3,(H,19,23). The average Bonchev–Trinajstić information content (AvgIpc) is 2.95. The molecule has 0 aliphatic carbocycles. The van der Waals surface area contributed by atoms with Gasteiger partial charge >= 0.3 is 0 Å². The first kappa shape index (κ1) is 17.4. The molecule has 1 amide bonds. The zero-order chi connectivity index (χ0) is 16.7. The van der Waals surface area contributed by atoms with E-state index in [4.69, 9.17) is 11.6 Å². The van der Waals surface area contributed by atoms with Crippen LogP contribution in [-0.4, -0.2) is 40.5 Å². The fourth-order valence-electron chi connectivity index (χ4n) is 2.28. The Balaban J connectivity index is 2.22. The molecule has 0 bridgehead atoms. The number of carbonyl (C=O) groups excluding carboxylic acids is 1. The molecule has 124 valence electrons. The Bertz CT molecular complexity index is 656. The molecule has 0 atom stereocenters. The summed E-state index contributed by atoms with van der Waals surface area (Å²) in [5.74, 6) is -0.195. The highest BCUT2D eigenvalue weighted by atomic mass is 35.5. The third kappa shape index (κ3) is 4.53. The molecule has 2 rings (SSSR count). The number of hydrogen-bond acceptors (Lipinski definition) is 4. The van der Waals surface area contributed by atoms with Crippen LogP contribution in [0.5, 0.6) is 0 Å². The van der Waals surface area contributed by atoms with E-state index in [1.807, 2.05) is 25.1 Å². The lowest BCUT2D eigenvalue weighted by molar-refractivity contribution is 0.0948. The van der Waals surface area contributed by atoms with Gasteiger partial charge in [0.05, 0.1) is 11.4 Å². The normalized spacial score (nSPS) is 10.7. The van der Waals surface area contributed by atoms with Gasteiger partial charge in [-0.15, -0.1) is 5.10 Å². The number of rotatable bonds is 8. The summed E-state index contributed by atoms with van der Waals surface area (Å²) in [6, 6.07) is 7.36. The minimum Gasteiger partial charge on any atom is -0.349 e. The Morgan fingerprint density at radius 3 is 2.83 bits per heavy atom. The zero-order valence-electron chi connectivity index (χ0n) is 13.5. The second-order valence-electron chi connectivity index (χ2n) is 5.14. The largest absolute Gasteiger partial charge is 0.349 e. The van der Waals surface area contributed by atoms with Crippen molar-refractivity contribution in [2.75, 3.05) is 19.6 Å². The maximum atomic E-state index is 12.3. The summed E-state index contributed by atoms with van der Waals surface area (Å²) in [5, 5.41) is 14.9. The predicted molar refractivity (Wildman–Crippen MR) is 91.2 cm³/mol. The van der Waals surface area contributed by atoms with Crippen molar-refractivity contribution in [3.05, 3.63) is 40.7 Å². The topological polar surface area (TPSA) is 71.8 Å². The van der Waals surface area contributed by atoms with Crippen LogP contribution in [0.15, 0.2) is 24.3 Å². The van der Waals surface area contributed by atoms with Crippen molar-refractivity contribution in [2.24, 2.45) is 0 Å². The fraction of sp³-hybridized carbons (Fsp3) is 0.438. The first-order valence-electron chi connectivity index (χ1n) is 7.86. The first-order valence-corrected chi connectivity index (χ1v) is 8.24. The van der Waals surface area contributed by atoms with E-state index in [9.17, 15) is 4.79 Å². The number of likely N-dealkylation sites (N-methyl/N-ethyl adjacent to an activating group) is 1. The summed E-state index contributed by atoms with van der Waals surface area (Å²) < 4.78 is 1.69. The smallest absolute Gasteiger partial charge is 0.273 e. The molecule has 0 fully saturated rings. The van der Waals surface area contributed by atoms with Crippen molar-refractivity contribution in [3.63, 3.8) is 0 Å². The highest BCUT2D eigenvalue weighted by Gasteiger charge is 2.19. The molecule has 0 aliphatic heterocycles. The van der Waals surface area contributed by atoms with Gasteiger partial charge in [-0.05, 0) is 31.2 Å². The second kappa shape index (κ2) is 8.64. The zero-order valence-corrected chi connectivity index (χ0v) is 14.2. The molecule has 0 unspecified atom stereocenters. The van der Waals surface area contributed by atoms with E-state index in [1.165, 1.54) is 0 Å². The van der Waals surface area contributed by atoms with Gasteiger partial charge in [-0.2, -0.15) is 0 Å². The Labute approximate surface area is 141 Å². The van der Waals surface area contributed by atoms with Gasteiger partial charge in [-0.1, -0.05) is 43.1 Å². The van der Waals surface area contributed by atoms with Gasteiger partial charge in [0.2, 0.25) is 0 Å². The summed E-state index contributed by atoms with van der Waals surface area (Å²) in [5.41, 5.74) is 1.99. The minimum atomic E-state index is -0.195. The van der Waals surface area contributed by atoms with Gasteiger partial charge in [-0.3, -0.25) is 4.79 Å². The molecule has 1 heterocycles. The predicted octanol–water partition coefficient (Wildman–Crippen LogP) is 2.21. The monoisotopic (exact) mass is 335 g/mol. The van der Waals surface area contributed by atoms with Crippen LogP contribution in [0.4, 0.5) is 0 Å². The van der Waals surface area contributed by atoms with Crippen molar-refractivity contribution in [2.45, 2.75) is 26.7 Å². The first-order chi connectivity index (χ1) is 11.2. The third-order valence-electron chi connectivity index (χ3n) is 3.36. The number of aromatic nitrogens is 3. The van der Waals surface area contributed by atoms with Gasteiger partial charge in [0.15, 0.2) is 5.69 Å². The maximum absolute atomic E-state index is 12.3. The summed E-state index contributed by atoms with van der Waals surface area (Å²) in [4.78, 5) is 12.3. The molecular formula is C16H22ClN5O. The SMILES string of the molecule is CCCc1c(C(=O)NCCNCC)nnn1-c1cccc(Cl)c1. The number of halogens is 1. The van der Waals surface area contributed by atoms with Gasteiger partial charge in [0.1, 0.15) is 0 Å². The van der Waals surface area contributed by atoms with Crippen LogP contribution >= 0.6 is 11.6 Å². The molecule has 7 heteroatoms. The highest BCUT2D eigenvalue weighted by molar-refractivity contribution is 6.30. The number of benzene rings is 1. The van der Waals surface area contributed by atoms with Crippen LogP contribution < -0.4 is 10.6 Å². The van der Waals surface area contributed by atoms with Gasteiger partial charge in [-0.25, -0.2) is 4.68 Å². The molecule has 1 aromatic carbocycles. The number of carbonyl (C=O) groups is 1. The fourth-order valence-corrected chi connectivity index (χ4v) is 2.46.